The van der Waals surface area contributed by atoms with E-state index in [1.807, 2.05) is 42.5 Å². The molecule has 0 atom stereocenters. The number of hydrogen-bond acceptors (Lipinski definition) is 12. The molecule has 0 saturated heterocycles. The Morgan fingerprint density at radius 2 is 1.16 bits per heavy atom. The summed E-state index contributed by atoms with van der Waals surface area (Å²) < 4.78 is 37.7. The predicted molar refractivity (Wildman–Crippen MR) is 198 cm³/mol. The van der Waals surface area contributed by atoms with Crippen LogP contribution in [0.25, 0.3) is 43.0 Å². The number of nitrogens with zero attached hydrogens (tertiary/aromatic N) is 6. The number of carbonyl (C=O) groups is 2. The summed E-state index contributed by atoms with van der Waals surface area (Å²) in [5.74, 6) is -0.985. The number of sulfone groups is 1. The molecule has 0 fully saturated rings. The molecule has 0 radical (unpaired) electrons. The molecular weight excluding hydrogens is 777 g/mol. The highest BCUT2D eigenvalue weighted by molar-refractivity contribution is 9.11. The summed E-state index contributed by atoms with van der Waals surface area (Å²) in [6.07, 6.45) is 7.85. The van der Waals surface area contributed by atoms with Gasteiger partial charge in [0.15, 0.2) is 21.2 Å². The number of carbonyl (C=O) groups excluding carboxylic acids is 2. The van der Waals surface area contributed by atoms with Crippen molar-refractivity contribution in [2.24, 2.45) is 0 Å². The lowest BCUT2D eigenvalue weighted by Crippen LogP contribution is -2.04. The van der Waals surface area contributed by atoms with Crippen molar-refractivity contribution < 1.29 is 27.5 Å². The molecule has 16 heteroatoms. The number of esters is 2. The summed E-state index contributed by atoms with van der Waals surface area (Å²) in [4.78, 5) is 34.8. The lowest BCUT2D eigenvalue weighted by atomic mass is 10.2. The first-order valence-electron chi connectivity index (χ1n) is 14.9. The Balaban J connectivity index is 0.000000187. The van der Waals surface area contributed by atoms with Crippen LogP contribution in [-0.4, -0.2) is 70.4 Å². The van der Waals surface area contributed by atoms with E-state index < -0.39 is 21.8 Å². The van der Waals surface area contributed by atoms with E-state index in [1.54, 1.807) is 88.0 Å². The number of benzene rings is 1. The third-order valence-electron chi connectivity index (χ3n) is 7.25. The molecule has 7 rings (SSSR count). The molecule has 258 valence electrons. The minimum absolute atomic E-state index is 0.193. The third-order valence-corrected chi connectivity index (χ3v) is 11.2. The van der Waals surface area contributed by atoms with Crippen molar-refractivity contribution in [2.45, 2.75) is 4.90 Å². The van der Waals surface area contributed by atoms with Gasteiger partial charge in [0.2, 0.25) is 0 Å². The summed E-state index contributed by atoms with van der Waals surface area (Å²) in [5, 5.41) is 8.74. The first kappa shape index (κ1) is 35.5. The van der Waals surface area contributed by atoms with E-state index in [0.717, 1.165) is 46.7 Å². The molecule has 0 aliphatic carbocycles. The maximum absolute atomic E-state index is 12.0. The highest BCUT2D eigenvalue weighted by Crippen LogP contribution is 2.37. The molecule has 0 spiro atoms. The van der Waals surface area contributed by atoms with Crippen molar-refractivity contribution in [2.75, 3.05) is 20.5 Å². The fourth-order valence-corrected chi connectivity index (χ4v) is 7.91. The van der Waals surface area contributed by atoms with Crippen molar-refractivity contribution in [1.29, 1.82) is 0 Å². The molecule has 0 unspecified atom stereocenters. The number of aromatic nitrogens is 6. The molecule has 0 aliphatic rings. The Hall–Kier alpha value is -5.29. The Bertz CT molecular complexity index is 2440. The Morgan fingerprint density at radius 1 is 0.667 bits per heavy atom. The fraction of sp³-hybridized carbons (Fsp3) is 0.0857. The molecule has 6 heterocycles. The van der Waals surface area contributed by atoms with E-state index in [-0.39, 0.29) is 16.3 Å². The standard InChI is InChI=1S/C21H17N3O4S2.C14H10BrN3O2S/c1-28-21(25)17-13-18(24(23-17)15-8-10-22-11-9-15)20-7-6-19(29-20)14-4-3-5-16(12-14)30(2,26)27;1-20-14(19)10-8-11(12-2-3-13(15)21-12)18(17-10)9-4-6-16-7-5-9/h3-13H,1-2H3;2-8H,1H3. The molecule has 6 aromatic heterocycles. The van der Waals surface area contributed by atoms with Crippen LogP contribution >= 0.6 is 38.6 Å². The van der Waals surface area contributed by atoms with Crippen LogP contribution in [0.15, 0.2) is 118 Å². The van der Waals surface area contributed by atoms with Gasteiger partial charge in [-0.3, -0.25) is 9.97 Å². The minimum atomic E-state index is -3.30. The molecule has 0 bridgehead atoms. The zero-order chi connectivity index (χ0) is 36.1. The largest absolute Gasteiger partial charge is 0.464 e. The number of rotatable bonds is 8. The summed E-state index contributed by atoms with van der Waals surface area (Å²) in [6.45, 7) is 0. The summed E-state index contributed by atoms with van der Waals surface area (Å²) in [6, 6.07) is 25.3. The van der Waals surface area contributed by atoms with Gasteiger partial charge in [0.1, 0.15) is 0 Å². The number of ether oxygens (including phenoxy) is 2. The molecule has 0 aliphatic heterocycles. The van der Waals surface area contributed by atoms with Crippen LogP contribution in [0.2, 0.25) is 0 Å². The average molecular weight is 804 g/mol. The van der Waals surface area contributed by atoms with Gasteiger partial charge in [-0.05, 0) is 82.2 Å². The van der Waals surface area contributed by atoms with Gasteiger partial charge in [0, 0.05) is 48.1 Å². The third kappa shape index (κ3) is 8.04. The normalized spacial score (nSPS) is 11.1. The van der Waals surface area contributed by atoms with Crippen LogP contribution in [-0.2, 0) is 19.3 Å². The van der Waals surface area contributed by atoms with Crippen LogP contribution in [0.4, 0.5) is 0 Å². The summed E-state index contributed by atoms with van der Waals surface area (Å²) >= 11 is 6.49. The molecule has 51 heavy (non-hydrogen) atoms. The van der Waals surface area contributed by atoms with Crippen molar-refractivity contribution in [1.82, 2.24) is 29.5 Å². The number of methoxy groups -OCH3 is 2. The highest BCUT2D eigenvalue weighted by Gasteiger charge is 2.20. The minimum Gasteiger partial charge on any atom is -0.464 e. The van der Waals surface area contributed by atoms with Crippen molar-refractivity contribution >= 4 is 60.4 Å². The van der Waals surface area contributed by atoms with E-state index in [9.17, 15) is 18.0 Å². The maximum Gasteiger partial charge on any atom is 0.358 e. The topological polar surface area (TPSA) is 148 Å². The van der Waals surface area contributed by atoms with Crippen LogP contribution in [0.3, 0.4) is 0 Å². The van der Waals surface area contributed by atoms with Gasteiger partial charge in [-0.25, -0.2) is 27.4 Å². The number of halogens is 1. The smallest absolute Gasteiger partial charge is 0.358 e. The summed E-state index contributed by atoms with van der Waals surface area (Å²) in [5.41, 5.74) is 4.41. The van der Waals surface area contributed by atoms with Crippen LogP contribution in [0.5, 0.6) is 0 Å². The zero-order valence-electron chi connectivity index (χ0n) is 27.1. The van der Waals surface area contributed by atoms with Crippen LogP contribution in [0.1, 0.15) is 21.0 Å². The summed E-state index contributed by atoms with van der Waals surface area (Å²) in [7, 11) is -0.644. The Morgan fingerprint density at radius 3 is 1.63 bits per heavy atom. The molecule has 0 saturated carbocycles. The maximum atomic E-state index is 12.0. The van der Waals surface area contributed by atoms with Gasteiger partial charge in [-0.1, -0.05) is 12.1 Å². The molecular formula is C35H27BrN6O6S3. The molecule has 0 N–H and O–H groups in total. The van der Waals surface area contributed by atoms with Gasteiger partial charge < -0.3 is 9.47 Å². The van der Waals surface area contributed by atoms with Crippen molar-refractivity contribution in [3.8, 4) is 43.0 Å². The lowest BCUT2D eigenvalue weighted by Gasteiger charge is -2.05. The van der Waals surface area contributed by atoms with E-state index in [4.69, 9.17) is 9.47 Å². The van der Waals surface area contributed by atoms with Gasteiger partial charge in [0.25, 0.3) is 0 Å². The van der Waals surface area contributed by atoms with E-state index in [1.165, 1.54) is 31.8 Å². The van der Waals surface area contributed by atoms with Crippen molar-refractivity contribution in [3.63, 3.8) is 0 Å². The van der Waals surface area contributed by atoms with Gasteiger partial charge in [-0.2, -0.15) is 10.2 Å². The molecule has 0 amide bonds. The lowest BCUT2D eigenvalue weighted by molar-refractivity contribution is 0.0584. The van der Waals surface area contributed by atoms with Crippen LogP contribution in [0, 0.1) is 0 Å². The first-order chi connectivity index (χ1) is 24.5. The van der Waals surface area contributed by atoms with Gasteiger partial charge >= 0.3 is 11.9 Å². The zero-order valence-corrected chi connectivity index (χ0v) is 31.2. The monoisotopic (exact) mass is 802 g/mol. The van der Waals surface area contributed by atoms with Gasteiger partial charge in [-0.15, -0.1) is 22.7 Å². The molecule has 7 aromatic rings. The number of hydrogen-bond donors (Lipinski definition) is 0. The molecule has 12 nitrogen and oxygen atoms in total. The second kappa shape index (κ2) is 15.3. The average Bonchev–Trinajstić information content (AvgIpc) is 3.98. The Kier molecular flexibility index (Phi) is 10.7. The van der Waals surface area contributed by atoms with E-state index >= 15 is 0 Å². The quantitative estimate of drug-likeness (QED) is 0.142. The first-order valence-corrected chi connectivity index (χ1v) is 19.2. The highest BCUT2D eigenvalue weighted by atomic mass is 79.9. The predicted octanol–water partition coefficient (Wildman–Crippen LogP) is 7.40. The second-order valence-electron chi connectivity index (χ2n) is 10.6. The Labute approximate surface area is 309 Å². The second-order valence-corrected chi connectivity index (χ2v) is 16.2. The van der Waals surface area contributed by atoms with Gasteiger partial charge in [0.05, 0.1) is 55.4 Å². The molecule has 1 aromatic carbocycles. The number of pyridine rings is 2. The van der Waals surface area contributed by atoms with E-state index in [0.29, 0.717) is 0 Å². The van der Waals surface area contributed by atoms with E-state index in [2.05, 4.69) is 36.1 Å². The van der Waals surface area contributed by atoms with Crippen molar-refractivity contribution in [3.05, 3.63) is 125 Å². The fourth-order valence-electron chi connectivity index (χ4n) is 4.85. The number of thiophene rings is 2. The van der Waals surface area contributed by atoms with Crippen LogP contribution < -0.4 is 0 Å². The SMILES string of the molecule is COC(=O)c1cc(-c2ccc(-c3cccc(S(C)(=O)=O)c3)s2)n(-c2ccncc2)n1.COC(=O)c1cc(-c2ccc(Br)s2)n(-c2ccncc2)n1.